The molecule has 0 amide bonds. The van der Waals surface area contributed by atoms with Gasteiger partial charge in [-0.3, -0.25) is 9.48 Å². The molecule has 0 bridgehead atoms. The van der Waals surface area contributed by atoms with Crippen molar-refractivity contribution in [1.29, 1.82) is 0 Å². The van der Waals surface area contributed by atoms with E-state index in [0.29, 0.717) is 18.7 Å². The van der Waals surface area contributed by atoms with Gasteiger partial charge in [0, 0.05) is 19.0 Å². The van der Waals surface area contributed by atoms with E-state index >= 15 is 0 Å². The minimum absolute atomic E-state index is 0.0508. The largest absolute Gasteiger partial charge is 0.327 e. The van der Waals surface area contributed by atoms with Crippen LogP contribution in [0.15, 0.2) is 10.7 Å². The maximum atomic E-state index is 12.5. The summed E-state index contributed by atoms with van der Waals surface area (Å²) in [7, 11) is 4.00. The van der Waals surface area contributed by atoms with Crippen molar-refractivity contribution in [2.24, 2.45) is 11.1 Å². The number of ketones is 1. The van der Waals surface area contributed by atoms with Crippen LogP contribution in [-0.2, 0) is 6.54 Å². The van der Waals surface area contributed by atoms with E-state index < -0.39 is 0 Å². The van der Waals surface area contributed by atoms with Gasteiger partial charge in [-0.1, -0.05) is 20.8 Å². The highest BCUT2D eigenvalue weighted by Crippen LogP contribution is 2.23. The number of carbonyl (C=O) groups is 1. The summed E-state index contributed by atoms with van der Waals surface area (Å²) in [5.74, 6) is 0.0508. The second-order valence-electron chi connectivity index (χ2n) is 7.02. The maximum absolute atomic E-state index is 12.5. The zero-order valence-electron chi connectivity index (χ0n) is 13.7. The SMILES string of the molecule is CN(C)CCn1ncc(Br)c1C(=O)CC(N)CC(C)(C)C. The summed E-state index contributed by atoms with van der Waals surface area (Å²) in [4.78, 5) is 14.6. The maximum Gasteiger partial charge on any atom is 0.183 e. The molecule has 0 fully saturated rings. The molecule has 1 unspecified atom stereocenters. The van der Waals surface area contributed by atoms with Crippen LogP contribution in [-0.4, -0.2) is 47.1 Å². The predicted molar refractivity (Wildman–Crippen MR) is 89.5 cm³/mol. The molecule has 0 aliphatic carbocycles. The first-order chi connectivity index (χ1) is 9.60. The molecule has 0 radical (unpaired) electrons. The van der Waals surface area contributed by atoms with Crippen LogP contribution in [0.25, 0.3) is 0 Å². The summed E-state index contributed by atoms with van der Waals surface area (Å²) in [6.07, 6.45) is 2.85. The van der Waals surface area contributed by atoms with E-state index in [1.165, 1.54) is 0 Å². The lowest BCUT2D eigenvalue weighted by Gasteiger charge is -2.22. The summed E-state index contributed by atoms with van der Waals surface area (Å²) in [6.45, 7) is 7.92. The van der Waals surface area contributed by atoms with Crippen molar-refractivity contribution in [2.75, 3.05) is 20.6 Å². The Kier molecular flexibility index (Phi) is 6.56. The van der Waals surface area contributed by atoms with Crippen LogP contribution < -0.4 is 5.73 Å². The number of rotatable bonds is 7. The summed E-state index contributed by atoms with van der Waals surface area (Å²) >= 11 is 3.42. The molecule has 21 heavy (non-hydrogen) atoms. The Bertz CT molecular complexity index is 477. The van der Waals surface area contributed by atoms with E-state index in [1.807, 2.05) is 14.1 Å². The molecule has 1 heterocycles. The molecular weight excluding hydrogens is 332 g/mol. The standard InChI is InChI=1S/C15H27BrN4O/c1-15(2,3)9-11(17)8-13(21)14-12(16)10-18-20(14)7-6-19(4)5/h10-11H,6-9,17H2,1-5H3. The quantitative estimate of drug-likeness (QED) is 0.760. The van der Waals surface area contributed by atoms with Gasteiger partial charge in [-0.25, -0.2) is 0 Å². The fourth-order valence-electron chi connectivity index (χ4n) is 2.30. The highest BCUT2D eigenvalue weighted by Gasteiger charge is 2.22. The van der Waals surface area contributed by atoms with Crippen molar-refractivity contribution >= 4 is 21.7 Å². The zero-order valence-corrected chi connectivity index (χ0v) is 15.3. The molecule has 6 heteroatoms. The van der Waals surface area contributed by atoms with Crippen LogP contribution in [0.2, 0.25) is 0 Å². The molecule has 0 aliphatic rings. The zero-order chi connectivity index (χ0) is 16.2. The Hall–Kier alpha value is -0.720. The van der Waals surface area contributed by atoms with E-state index in [0.717, 1.165) is 17.4 Å². The van der Waals surface area contributed by atoms with Crippen molar-refractivity contribution in [3.63, 3.8) is 0 Å². The number of Topliss-reactive ketones (excluding diaryl/α,β-unsaturated/α-hetero) is 1. The van der Waals surface area contributed by atoms with Crippen LogP contribution in [0.1, 0.15) is 44.1 Å². The molecule has 120 valence electrons. The van der Waals surface area contributed by atoms with Gasteiger partial charge in [0.2, 0.25) is 0 Å². The van der Waals surface area contributed by atoms with Gasteiger partial charge < -0.3 is 10.6 Å². The van der Waals surface area contributed by atoms with Gasteiger partial charge in [0.1, 0.15) is 5.69 Å². The van der Waals surface area contributed by atoms with Gasteiger partial charge >= 0.3 is 0 Å². The van der Waals surface area contributed by atoms with Gasteiger partial charge in [-0.2, -0.15) is 5.10 Å². The molecule has 5 nitrogen and oxygen atoms in total. The first-order valence-electron chi connectivity index (χ1n) is 7.25. The first kappa shape index (κ1) is 18.3. The van der Waals surface area contributed by atoms with Crippen molar-refractivity contribution in [3.8, 4) is 0 Å². The molecule has 0 aliphatic heterocycles. The van der Waals surface area contributed by atoms with Gasteiger partial charge in [0.25, 0.3) is 0 Å². The lowest BCUT2D eigenvalue weighted by molar-refractivity contribution is 0.0956. The normalized spacial score (nSPS) is 13.7. The average molecular weight is 359 g/mol. The number of aromatic nitrogens is 2. The third kappa shape index (κ3) is 6.28. The van der Waals surface area contributed by atoms with Gasteiger partial charge in [0.05, 0.1) is 17.2 Å². The Morgan fingerprint density at radius 3 is 2.62 bits per heavy atom. The highest BCUT2D eigenvalue weighted by atomic mass is 79.9. The molecule has 1 rings (SSSR count). The fourth-order valence-corrected chi connectivity index (χ4v) is 2.81. The van der Waals surface area contributed by atoms with E-state index in [1.54, 1.807) is 10.9 Å². The molecule has 1 atom stereocenters. The monoisotopic (exact) mass is 358 g/mol. The third-order valence-corrected chi connectivity index (χ3v) is 3.72. The average Bonchev–Trinajstić information content (AvgIpc) is 2.65. The first-order valence-corrected chi connectivity index (χ1v) is 8.04. The van der Waals surface area contributed by atoms with E-state index in [4.69, 9.17) is 5.73 Å². The molecule has 0 saturated heterocycles. The number of likely N-dealkylation sites (N-methyl/N-ethyl adjacent to an activating group) is 1. The Balaban J connectivity index is 2.75. The number of nitrogens with zero attached hydrogens (tertiary/aromatic N) is 3. The Morgan fingerprint density at radius 1 is 1.48 bits per heavy atom. The van der Waals surface area contributed by atoms with Crippen LogP contribution in [0.3, 0.4) is 0 Å². The number of carbonyl (C=O) groups excluding carboxylic acids is 1. The van der Waals surface area contributed by atoms with Crippen molar-refractivity contribution in [3.05, 3.63) is 16.4 Å². The molecule has 0 aromatic carbocycles. The molecular formula is C15H27BrN4O. The van der Waals surface area contributed by atoms with Gasteiger partial charge in [-0.15, -0.1) is 0 Å². The lowest BCUT2D eigenvalue weighted by atomic mass is 9.86. The van der Waals surface area contributed by atoms with Gasteiger partial charge in [-0.05, 0) is 41.9 Å². The highest BCUT2D eigenvalue weighted by molar-refractivity contribution is 9.10. The molecule has 1 aromatic rings. The smallest absolute Gasteiger partial charge is 0.183 e. The fraction of sp³-hybridized carbons (Fsp3) is 0.733. The Morgan fingerprint density at radius 2 is 2.10 bits per heavy atom. The van der Waals surface area contributed by atoms with E-state index in [2.05, 4.69) is 46.7 Å². The minimum Gasteiger partial charge on any atom is -0.327 e. The van der Waals surface area contributed by atoms with Crippen LogP contribution in [0, 0.1) is 5.41 Å². The topological polar surface area (TPSA) is 64.2 Å². The molecule has 0 saturated carbocycles. The summed E-state index contributed by atoms with van der Waals surface area (Å²) in [5.41, 5.74) is 6.87. The van der Waals surface area contributed by atoms with Crippen molar-refractivity contribution in [2.45, 2.75) is 46.2 Å². The molecule has 1 aromatic heterocycles. The second kappa shape index (κ2) is 7.51. The Labute approximate surface area is 136 Å². The third-order valence-electron chi connectivity index (χ3n) is 3.14. The lowest BCUT2D eigenvalue weighted by Crippen LogP contribution is -2.30. The van der Waals surface area contributed by atoms with Crippen LogP contribution in [0.5, 0.6) is 0 Å². The number of hydrogen-bond acceptors (Lipinski definition) is 4. The summed E-state index contributed by atoms with van der Waals surface area (Å²) in [6, 6.07) is -0.124. The molecule has 2 N–H and O–H groups in total. The number of hydrogen-bond donors (Lipinski definition) is 1. The van der Waals surface area contributed by atoms with E-state index in [9.17, 15) is 4.79 Å². The number of halogens is 1. The molecule has 0 spiro atoms. The van der Waals surface area contributed by atoms with Crippen LogP contribution in [0.4, 0.5) is 0 Å². The number of nitrogens with two attached hydrogens (primary N) is 1. The predicted octanol–water partition coefficient (Wildman–Crippen LogP) is 2.54. The summed E-state index contributed by atoms with van der Waals surface area (Å²) in [5, 5.41) is 4.27. The second-order valence-corrected chi connectivity index (χ2v) is 7.87. The van der Waals surface area contributed by atoms with Crippen molar-refractivity contribution < 1.29 is 4.79 Å². The van der Waals surface area contributed by atoms with Crippen LogP contribution >= 0.6 is 15.9 Å². The summed E-state index contributed by atoms with van der Waals surface area (Å²) < 4.78 is 2.50. The van der Waals surface area contributed by atoms with Crippen molar-refractivity contribution in [1.82, 2.24) is 14.7 Å². The van der Waals surface area contributed by atoms with Gasteiger partial charge in [0.15, 0.2) is 5.78 Å². The van der Waals surface area contributed by atoms with E-state index in [-0.39, 0.29) is 17.2 Å². The minimum atomic E-state index is -0.124.